The van der Waals surface area contributed by atoms with Gasteiger partial charge < -0.3 is 14.1 Å². The number of benzene rings is 1. The fourth-order valence-electron chi connectivity index (χ4n) is 6.42. The Morgan fingerprint density at radius 1 is 1.10 bits per heavy atom. The average Bonchev–Trinajstić information content (AvgIpc) is 3.22. The Balaban J connectivity index is 1.39. The van der Waals surface area contributed by atoms with Crippen LogP contribution in [0.25, 0.3) is 0 Å². The Bertz CT molecular complexity index is 904. The number of carbonyl (C=O) groups is 1. The van der Waals surface area contributed by atoms with Gasteiger partial charge in [-0.2, -0.15) is 0 Å². The minimum atomic E-state index is -0.487. The molecule has 7 heteroatoms. The van der Waals surface area contributed by atoms with Gasteiger partial charge in [-0.15, -0.1) is 0 Å². The average molecular weight is 410 g/mol. The Morgan fingerprint density at radius 2 is 1.77 bits per heavy atom. The lowest BCUT2D eigenvalue weighted by Gasteiger charge is -2.60. The lowest BCUT2D eigenvalue weighted by molar-refractivity contribution is -0.385. The molecule has 1 heterocycles. The Morgan fingerprint density at radius 3 is 2.37 bits per heavy atom. The summed E-state index contributed by atoms with van der Waals surface area (Å²) in [6.45, 7) is 0.200. The number of nitrogens with zero attached hydrogens (tertiary/aromatic N) is 2. The molecule has 6 rings (SSSR count). The maximum absolute atomic E-state index is 13.4. The van der Waals surface area contributed by atoms with Crippen LogP contribution in [0, 0.1) is 27.9 Å². The molecule has 4 fully saturated rings. The normalized spacial score (nSPS) is 29.0. The molecular formula is C23H26N2O5. The smallest absolute Gasteiger partial charge is 0.310 e. The minimum Gasteiger partial charge on any atom is -0.477 e. The van der Waals surface area contributed by atoms with Crippen molar-refractivity contribution in [2.24, 2.45) is 17.8 Å². The van der Waals surface area contributed by atoms with Gasteiger partial charge in [-0.25, -0.2) is 0 Å². The molecule has 7 nitrogen and oxygen atoms in total. The van der Waals surface area contributed by atoms with Crippen molar-refractivity contribution < 1.29 is 18.9 Å². The highest BCUT2D eigenvalue weighted by Gasteiger charge is 2.54. The third kappa shape index (κ3) is 3.46. The first-order chi connectivity index (χ1) is 14.5. The molecule has 0 unspecified atom stereocenters. The first-order valence-corrected chi connectivity index (χ1v) is 10.7. The van der Waals surface area contributed by atoms with Gasteiger partial charge in [0.05, 0.1) is 17.7 Å². The van der Waals surface area contributed by atoms with E-state index in [9.17, 15) is 14.9 Å². The zero-order valence-corrected chi connectivity index (χ0v) is 16.9. The second kappa shape index (κ2) is 7.45. The molecule has 30 heavy (non-hydrogen) atoms. The molecule has 0 N–H and O–H groups in total. The fraction of sp³-hybridized carbons (Fsp3) is 0.522. The maximum atomic E-state index is 13.4. The van der Waals surface area contributed by atoms with Crippen molar-refractivity contribution in [1.82, 2.24) is 4.90 Å². The van der Waals surface area contributed by atoms with Gasteiger partial charge >= 0.3 is 5.69 Å². The van der Waals surface area contributed by atoms with Gasteiger partial charge in [-0.05, 0) is 74.5 Å². The van der Waals surface area contributed by atoms with Crippen LogP contribution < -0.4 is 4.74 Å². The molecule has 1 aromatic heterocycles. The van der Waals surface area contributed by atoms with Gasteiger partial charge in [0, 0.05) is 11.6 Å². The summed E-state index contributed by atoms with van der Waals surface area (Å²) in [7, 11) is 0. The fourth-order valence-corrected chi connectivity index (χ4v) is 6.42. The largest absolute Gasteiger partial charge is 0.477 e. The molecule has 4 saturated carbocycles. The molecule has 0 saturated heterocycles. The van der Waals surface area contributed by atoms with E-state index in [-0.39, 0.29) is 29.5 Å². The molecule has 4 aliphatic rings. The summed E-state index contributed by atoms with van der Waals surface area (Å²) in [5.41, 5.74) is -0.275. The van der Waals surface area contributed by atoms with Gasteiger partial charge in [-0.1, -0.05) is 12.1 Å². The number of para-hydroxylation sites is 2. The van der Waals surface area contributed by atoms with Crippen LogP contribution >= 0.6 is 0 Å². The van der Waals surface area contributed by atoms with Crippen LogP contribution in [-0.4, -0.2) is 27.9 Å². The summed E-state index contributed by atoms with van der Waals surface area (Å²) < 4.78 is 11.2. The summed E-state index contributed by atoms with van der Waals surface area (Å²) in [5.74, 6) is 2.83. The molecule has 0 atom stereocenters. The number of amides is 1. The molecule has 4 aliphatic carbocycles. The van der Waals surface area contributed by atoms with E-state index < -0.39 is 4.92 Å². The van der Waals surface area contributed by atoms with Crippen LogP contribution in [0.15, 0.2) is 47.1 Å². The SMILES string of the molecule is O=C(COc1ccccc1[N+](=O)[O-])N(Cc1ccco1)C12CC3CC(CC(C3)C1)C2. The zero-order valence-electron chi connectivity index (χ0n) is 16.9. The molecule has 1 aromatic carbocycles. The summed E-state index contributed by atoms with van der Waals surface area (Å²) >= 11 is 0. The van der Waals surface area contributed by atoms with Crippen molar-refractivity contribution in [3.05, 3.63) is 58.5 Å². The predicted octanol–water partition coefficient (Wildman–Crippen LogP) is 4.56. The molecular weight excluding hydrogens is 384 g/mol. The monoisotopic (exact) mass is 410 g/mol. The summed E-state index contributed by atoms with van der Waals surface area (Å²) in [5, 5.41) is 11.3. The highest BCUT2D eigenvalue weighted by molar-refractivity contribution is 5.79. The van der Waals surface area contributed by atoms with Crippen LogP contribution in [0.1, 0.15) is 44.3 Å². The maximum Gasteiger partial charge on any atom is 0.310 e. The molecule has 2 aromatic rings. The van der Waals surface area contributed by atoms with Crippen molar-refractivity contribution in [2.75, 3.05) is 6.61 Å². The summed E-state index contributed by atoms with van der Waals surface area (Å²) in [6.07, 6.45) is 8.60. The van der Waals surface area contributed by atoms with Crippen molar-refractivity contribution in [3.63, 3.8) is 0 Å². The zero-order chi connectivity index (χ0) is 20.7. The van der Waals surface area contributed by atoms with Gasteiger partial charge in [-0.3, -0.25) is 14.9 Å². The van der Waals surface area contributed by atoms with Gasteiger partial charge in [0.15, 0.2) is 12.4 Å². The molecule has 0 radical (unpaired) electrons. The highest BCUT2D eigenvalue weighted by Crippen LogP contribution is 2.58. The minimum absolute atomic E-state index is 0.124. The second-order valence-corrected chi connectivity index (χ2v) is 9.21. The number of hydrogen-bond acceptors (Lipinski definition) is 5. The van der Waals surface area contributed by atoms with E-state index >= 15 is 0 Å². The molecule has 4 bridgehead atoms. The van der Waals surface area contributed by atoms with Gasteiger partial charge in [0.2, 0.25) is 0 Å². The van der Waals surface area contributed by atoms with Crippen LogP contribution in [0.2, 0.25) is 0 Å². The lowest BCUT2D eigenvalue weighted by Crippen LogP contribution is -2.61. The number of hydrogen-bond donors (Lipinski definition) is 0. The topological polar surface area (TPSA) is 85.8 Å². The Kier molecular flexibility index (Phi) is 4.76. The number of ether oxygens (including phenoxy) is 1. The lowest BCUT2D eigenvalue weighted by atomic mass is 9.52. The van der Waals surface area contributed by atoms with Crippen LogP contribution in [0.5, 0.6) is 5.75 Å². The van der Waals surface area contributed by atoms with Crippen molar-refractivity contribution >= 4 is 11.6 Å². The quantitative estimate of drug-likeness (QED) is 0.493. The Labute approximate surface area is 175 Å². The van der Waals surface area contributed by atoms with Crippen LogP contribution in [-0.2, 0) is 11.3 Å². The third-order valence-electron chi connectivity index (χ3n) is 7.19. The molecule has 0 aliphatic heterocycles. The summed E-state index contributed by atoms with van der Waals surface area (Å²) in [6, 6.07) is 9.91. The number of rotatable bonds is 7. The number of nitro benzene ring substituents is 1. The first-order valence-electron chi connectivity index (χ1n) is 10.7. The predicted molar refractivity (Wildman–Crippen MR) is 109 cm³/mol. The van der Waals surface area contributed by atoms with Crippen molar-refractivity contribution in [2.45, 2.75) is 50.6 Å². The number of carbonyl (C=O) groups excluding carboxylic acids is 1. The third-order valence-corrected chi connectivity index (χ3v) is 7.19. The molecule has 1 amide bonds. The van der Waals surface area contributed by atoms with E-state index in [0.717, 1.165) is 25.0 Å². The van der Waals surface area contributed by atoms with E-state index in [1.165, 1.54) is 31.4 Å². The van der Waals surface area contributed by atoms with Crippen LogP contribution in [0.4, 0.5) is 5.69 Å². The number of nitro groups is 1. The highest BCUT2D eigenvalue weighted by atomic mass is 16.6. The van der Waals surface area contributed by atoms with Crippen LogP contribution in [0.3, 0.4) is 0 Å². The van der Waals surface area contributed by atoms with Crippen molar-refractivity contribution in [1.29, 1.82) is 0 Å². The standard InChI is InChI=1S/C23H26N2O5/c26-22(15-30-21-6-2-1-5-20(21)25(27)28)24(14-19-4-3-7-29-19)23-11-16-8-17(12-23)10-18(9-16)13-23/h1-7,16-18H,8-15H2. The van der Waals surface area contributed by atoms with E-state index in [1.54, 1.807) is 18.4 Å². The van der Waals surface area contributed by atoms with Crippen molar-refractivity contribution in [3.8, 4) is 5.75 Å². The Hall–Kier alpha value is -2.83. The number of furan rings is 1. The van der Waals surface area contributed by atoms with Gasteiger partial charge in [0.1, 0.15) is 5.76 Å². The first kappa shape index (κ1) is 19.2. The second-order valence-electron chi connectivity index (χ2n) is 9.21. The van der Waals surface area contributed by atoms with E-state index in [0.29, 0.717) is 24.3 Å². The van der Waals surface area contributed by atoms with E-state index in [1.807, 2.05) is 17.0 Å². The van der Waals surface area contributed by atoms with E-state index in [4.69, 9.17) is 9.15 Å². The van der Waals surface area contributed by atoms with E-state index in [2.05, 4.69) is 0 Å². The van der Waals surface area contributed by atoms with Gasteiger partial charge in [0.25, 0.3) is 5.91 Å². The summed E-state index contributed by atoms with van der Waals surface area (Å²) in [4.78, 5) is 26.2. The molecule has 0 spiro atoms. The molecule has 158 valence electrons.